The average Bonchev–Trinajstić information content (AvgIpc) is 2.45. The molecule has 1 aromatic rings. The molecule has 0 aliphatic rings. The fraction of sp³-hybridized carbons (Fsp3) is 0. The highest BCUT2D eigenvalue weighted by Crippen LogP contribution is 2.23. The van der Waals surface area contributed by atoms with E-state index in [4.69, 9.17) is 0 Å². The Hall–Kier alpha value is -3.15. The van der Waals surface area contributed by atoms with E-state index in [0.717, 1.165) is 12.5 Å². The molecule has 0 aliphatic carbocycles. The molecule has 1 aromatic carbocycles. The van der Waals surface area contributed by atoms with Crippen LogP contribution in [-0.4, -0.2) is 23.0 Å². The van der Waals surface area contributed by atoms with Crippen LogP contribution in [0.3, 0.4) is 0 Å². The molecule has 0 spiro atoms. The zero-order chi connectivity index (χ0) is 16.0. The summed E-state index contributed by atoms with van der Waals surface area (Å²) in [5.74, 6) is -3.38. The predicted octanol–water partition coefficient (Wildman–Crippen LogP) is 2.63. The second-order valence-corrected chi connectivity index (χ2v) is 3.61. The van der Waals surface area contributed by atoms with E-state index in [1.165, 1.54) is 18.2 Å². The van der Waals surface area contributed by atoms with E-state index < -0.39 is 29.0 Å². The number of carboxylic acids is 1. The normalized spacial score (nSPS) is 9.33. The second kappa shape index (κ2) is 6.85. The minimum atomic E-state index is -1.41. The zero-order valence-corrected chi connectivity index (χ0v) is 11.0. The lowest BCUT2D eigenvalue weighted by Crippen LogP contribution is -2.18. The van der Waals surface area contributed by atoms with Gasteiger partial charge in [0.05, 0.1) is 29.2 Å². The van der Waals surface area contributed by atoms with Crippen LogP contribution in [0.2, 0.25) is 0 Å². The molecule has 0 unspecified atom stereocenters. The first-order chi connectivity index (χ1) is 9.97. The monoisotopic (exact) mass is 288 g/mol. The molecule has 0 saturated heterocycles. The Labute approximate surface area is 120 Å². The highest BCUT2D eigenvalue weighted by atomic mass is 16.5. The third kappa shape index (κ3) is 3.24. The van der Waals surface area contributed by atoms with E-state index in [1.54, 1.807) is 0 Å². The number of rotatable bonds is 6. The Morgan fingerprint density at radius 1 is 0.952 bits per heavy atom. The van der Waals surface area contributed by atoms with Crippen molar-refractivity contribution in [3.05, 3.63) is 66.6 Å². The van der Waals surface area contributed by atoms with Crippen molar-refractivity contribution in [1.29, 1.82) is 0 Å². The van der Waals surface area contributed by atoms with Gasteiger partial charge in [0.25, 0.3) is 0 Å². The van der Waals surface area contributed by atoms with Crippen LogP contribution in [0.1, 0.15) is 36.6 Å². The molecule has 0 atom stereocenters. The van der Waals surface area contributed by atoms with E-state index in [1.807, 2.05) is 0 Å². The summed E-state index contributed by atoms with van der Waals surface area (Å²) in [6.45, 7) is 9.89. The summed E-state index contributed by atoms with van der Waals surface area (Å²) in [6, 6.07) is 2.58. The first-order valence-corrected chi connectivity index (χ1v) is 5.64. The summed E-state index contributed by atoms with van der Waals surface area (Å²) in [5, 5.41) is 9.28. The van der Waals surface area contributed by atoms with Gasteiger partial charge >= 0.3 is 17.9 Å². The Balaban J connectivity index is 3.69. The number of hydrogen-bond donors (Lipinski definition) is 1. The molecule has 108 valence electrons. The third-order valence-electron chi connectivity index (χ3n) is 2.48. The SMILES string of the molecule is C=COC(=O)c1ccc(C=C)c(C(=O)O)c1C(=O)OC=C. The van der Waals surface area contributed by atoms with Gasteiger partial charge in [-0.2, -0.15) is 0 Å². The van der Waals surface area contributed by atoms with Crippen LogP contribution in [-0.2, 0) is 9.47 Å². The summed E-state index contributed by atoms with van der Waals surface area (Å²) in [6.07, 6.45) is 2.95. The fourth-order valence-electron chi connectivity index (χ4n) is 1.68. The van der Waals surface area contributed by atoms with E-state index in [2.05, 4.69) is 29.2 Å². The molecule has 0 fully saturated rings. The summed E-state index contributed by atoms with van der Waals surface area (Å²) in [5.41, 5.74) is -0.944. The molecule has 6 nitrogen and oxygen atoms in total. The minimum Gasteiger partial charge on any atom is -0.478 e. The lowest BCUT2D eigenvalue weighted by molar-refractivity contribution is 0.0607. The van der Waals surface area contributed by atoms with Gasteiger partial charge in [-0.05, 0) is 11.6 Å². The first kappa shape index (κ1) is 15.9. The van der Waals surface area contributed by atoms with Crippen LogP contribution < -0.4 is 0 Å². The number of carboxylic acid groups (broad SMARTS) is 1. The molecule has 0 radical (unpaired) electrons. The van der Waals surface area contributed by atoms with Gasteiger partial charge in [-0.15, -0.1) is 0 Å². The van der Waals surface area contributed by atoms with Crippen molar-refractivity contribution in [1.82, 2.24) is 0 Å². The molecule has 0 aromatic heterocycles. The van der Waals surface area contributed by atoms with Crippen molar-refractivity contribution in [2.24, 2.45) is 0 Å². The highest BCUT2D eigenvalue weighted by Gasteiger charge is 2.28. The summed E-state index contributed by atoms with van der Waals surface area (Å²) in [7, 11) is 0. The maximum absolute atomic E-state index is 11.9. The maximum atomic E-state index is 11.9. The Kier molecular flexibility index (Phi) is 5.19. The molecule has 0 saturated carbocycles. The molecule has 6 heteroatoms. The molecule has 0 bridgehead atoms. The Bertz CT molecular complexity index is 642. The summed E-state index contributed by atoms with van der Waals surface area (Å²) in [4.78, 5) is 35.1. The van der Waals surface area contributed by atoms with Crippen LogP contribution in [0.25, 0.3) is 6.08 Å². The van der Waals surface area contributed by atoms with Crippen LogP contribution >= 0.6 is 0 Å². The minimum absolute atomic E-state index is 0.161. The number of esters is 2. The van der Waals surface area contributed by atoms with Gasteiger partial charge in [-0.25, -0.2) is 14.4 Å². The third-order valence-corrected chi connectivity index (χ3v) is 2.48. The number of ether oxygens (including phenoxy) is 2. The van der Waals surface area contributed by atoms with Crippen LogP contribution in [0.4, 0.5) is 0 Å². The van der Waals surface area contributed by atoms with Gasteiger partial charge in [0.15, 0.2) is 0 Å². The van der Waals surface area contributed by atoms with Crippen molar-refractivity contribution in [2.75, 3.05) is 0 Å². The molecule has 21 heavy (non-hydrogen) atoms. The lowest BCUT2D eigenvalue weighted by atomic mass is 9.95. The number of carbonyl (C=O) groups excluding carboxylic acids is 2. The van der Waals surface area contributed by atoms with E-state index >= 15 is 0 Å². The quantitative estimate of drug-likeness (QED) is 0.639. The van der Waals surface area contributed by atoms with Crippen molar-refractivity contribution in [3.8, 4) is 0 Å². The lowest BCUT2D eigenvalue weighted by Gasteiger charge is -2.11. The Morgan fingerprint density at radius 2 is 1.52 bits per heavy atom. The second-order valence-electron chi connectivity index (χ2n) is 3.61. The zero-order valence-electron chi connectivity index (χ0n) is 11.0. The van der Waals surface area contributed by atoms with Gasteiger partial charge in [0.2, 0.25) is 0 Å². The number of benzene rings is 1. The van der Waals surface area contributed by atoms with E-state index in [9.17, 15) is 19.5 Å². The van der Waals surface area contributed by atoms with E-state index in [0.29, 0.717) is 0 Å². The first-order valence-electron chi connectivity index (χ1n) is 5.64. The summed E-state index contributed by atoms with van der Waals surface area (Å²) < 4.78 is 9.16. The largest absolute Gasteiger partial charge is 0.478 e. The Morgan fingerprint density at radius 3 is 2.00 bits per heavy atom. The van der Waals surface area contributed by atoms with Crippen molar-refractivity contribution < 1.29 is 29.0 Å². The smallest absolute Gasteiger partial charge is 0.344 e. The molecule has 0 amide bonds. The van der Waals surface area contributed by atoms with Gasteiger partial charge in [-0.1, -0.05) is 31.9 Å². The maximum Gasteiger partial charge on any atom is 0.344 e. The van der Waals surface area contributed by atoms with Gasteiger partial charge < -0.3 is 14.6 Å². The predicted molar refractivity (Wildman–Crippen MR) is 74.7 cm³/mol. The van der Waals surface area contributed by atoms with Gasteiger partial charge in [0.1, 0.15) is 0 Å². The fourth-order valence-corrected chi connectivity index (χ4v) is 1.68. The number of hydrogen-bond acceptors (Lipinski definition) is 5. The molecule has 1 rings (SSSR count). The van der Waals surface area contributed by atoms with Gasteiger partial charge in [0, 0.05) is 0 Å². The van der Waals surface area contributed by atoms with Crippen molar-refractivity contribution in [3.63, 3.8) is 0 Å². The van der Waals surface area contributed by atoms with Crippen molar-refractivity contribution >= 4 is 24.0 Å². The van der Waals surface area contributed by atoms with Crippen molar-refractivity contribution in [2.45, 2.75) is 0 Å². The van der Waals surface area contributed by atoms with Crippen LogP contribution in [0, 0.1) is 0 Å². The van der Waals surface area contributed by atoms with Gasteiger partial charge in [-0.3, -0.25) is 0 Å². The van der Waals surface area contributed by atoms with Crippen LogP contribution in [0.5, 0.6) is 0 Å². The highest BCUT2D eigenvalue weighted by molar-refractivity contribution is 6.11. The number of carbonyl (C=O) groups is 3. The topological polar surface area (TPSA) is 89.9 Å². The number of aromatic carboxylic acids is 1. The molecule has 0 aliphatic heterocycles. The molecule has 1 N–H and O–H groups in total. The molecular formula is C15H12O6. The standard InChI is InChI=1S/C15H12O6/c1-4-9-7-8-10(14(18)20-5-2)12(11(9)13(16)17)15(19)21-6-3/h4-8H,1-3H2,(H,16,17). The van der Waals surface area contributed by atoms with E-state index in [-0.39, 0.29) is 11.1 Å². The molecular weight excluding hydrogens is 276 g/mol. The van der Waals surface area contributed by atoms with Crippen LogP contribution in [0.15, 0.2) is 44.4 Å². The summed E-state index contributed by atoms with van der Waals surface area (Å²) >= 11 is 0. The average molecular weight is 288 g/mol. The molecule has 0 heterocycles.